The van der Waals surface area contributed by atoms with Crippen LogP contribution in [0.1, 0.15) is 12.5 Å². The van der Waals surface area contributed by atoms with Gasteiger partial charge in [0.25, 0.3) is 0 Å². The Morgan fingerprint density at radius 2 is 2.20 bits per heavy atom. The predicted molar refractivity (Wildman–Crippen MR) is 80.3 cm³/mol. The molecule has 0 spiro atoms. The molecule has 5 heteroatoms. The number of amides is 1. The standard InChI is InChI=1S/C15H16ClN3O/c1-12(10-19-9-8-17-11-19)18-15(20)7-4-13-2-5-14(16)6-3-13/h2-9,11-12H,10H2,1H3,(H,18,20). The molecule has 4 nitrogen and oxygen atoms in total. The maximum absolute atomic E-state index is 11.8. The summed E-state index contributed by atoms with van der Waals surface area (Å²) < 4.78 is 1.92. The van der Waals surface area contributed by atoms with Crippen molar-refractivity contribution in [1.82, 2.24) is 14.9 Å². The average molecular weight is 290 g/mol. The number of nitrogens with one attached hydrogen (secondary N) is 1. The van der Waals surface area contributed by atoms with Gasteiger partial charge in [0.15, 0.2) is 0 Å². The molecule has 1 amide bonds. The molecule has 1 atom stereocenters. The van der Waals surface area contributed by atoms with Gasteiger partial charge in [-0.05, 0) is 30.7 Å². The maximum atomic E-state index is 11.8. The molecule has 1 N–H and O–H groups in total. The number of halogens is 1. The van der Waals surface area contributed by atoms with E-state index in [1.54, 1.807) is 30.7 Å². The van der Waals surface area contributed by atoms with Gasteiger partial charge in [0, 0.05) is 36.1 Å². The van der Waals surface area contributed by atoms with Crippen molar-refractivity contribution in [2.24, 2.45) is 0 Å². The first-order chi connectivity index (χ1) is 9.63. The summed E-state index contributed by atoms with van der Waals surface area (Å²) in [5.74, 6) is -0.118. The van der Waals surface area contributed by atoms with Crippen LogP contribution in [-0.4, -0.2) is 21.5 Å². The Morgan fingerprint density at radius 1 is 1.45 bits per heavy atom. The van der Waals surface area contributed by atoms with E-state index in [1.807, 2.05) is 29.8 Å². The van der Waals surface area contributed by atoms with Crippen molar-refractivity contribution in [2.45, 2.75) is 19.5 Å². The van der Waals surface area contributed by atoms with E-state index in [2.05, 4.69) is 10.3 Å². The van der Waals surface area contributed by atoms with Gasteiger partial charge in [0.2, 0.25) is 5.91 Å². The Labute approximate surface area is 123 Å². The van der Waals surface area contributed by atoms with Gasteiger partial charge in [-0.25, -0.2) is 4.98 Å². The summed E-state index contributed by atoms with van der Waals surface area (Å²) in [5, 5.41) is 3.58. The summed E-state index contributed by atoms with van der Waals surface area (Å²) in [6.45, 7) is 2.65. The van der Waals surface area contributed by atoms with Crippen molar-refractivity contribution >= 4 is 23.6 Å². The van der Waals surface area contributed by atoms with Gasteiger partial charge in [-0.3, -0.25) is 4.79 Å². The lowest BCUT2D eigenvalue weighted by Crippen LogP contribution is -2.34. The molecule has 0 fully saturated rings. The molecule has 2 rings (SSSR count). The number of hydrogen-bond acceptors (Lipinski definition) is 2. The van der Waals surface area contributed by atoms with Gasteiger partial charge in [-0.2, -0.15) is 0 Å². The summed E-state index contributed by atoms with van der Waals surface area (Å²) in [5.41, 5.74) is 0.937. The van der Waals surface area contributed by atoms with E-state index < -0.39 is 0 Å². The second-order valence-corrected chi connectivity index (χ2v) is 4.99. The summed E-state index contributed by atoms with van der Waals surface area (Å²) in [4.78, 5) is 15.7. The number of aromatic nitrogens is 2. The molecule has 0 aliphatic rings. The van der Waals surface area contributed by atoms with Crippen molar-refractivity contribution in [3.63, 3.8) is 0 Å². The molecular weight excluding hydrogens is 274 g/mol. The topological polar surface area (TPSA) is 46.9 Å². The fraction of sp³-hybridized carbons (Fsp3) is 0.200. The van der Waals surface area contributed by atoms with Gasteiger partial charge in [-0.15, -0.1) is 0 Å². The molecular formula is C15H16ClN3O. The SMILES string of the molecule is CC(Cn1ccnc1)NC(=O)C=Cc1ccc(Cl)cc1. The van der Waals surface area contributed by atoms with Gasteiger partial charge in [0.1, 0.15) is 0 Å². The molecule has 104 valence electrons. The summed E-state index contributed by atoms with van der Waals surface area (Å²) in [6.07, 6.45) is 8.59. The molecule has 0 saturated carbocycles. The van der Waals surface area contributed by atoms with Crippen LogP contribution < -0.4 is 5.32 Å². The molecule has 2 aromatic rings. The largest absolute Gasteiger partial charge is 0.348 e. The predicted octanol–water partition coefficient (Wildman–Crippen LogP) is 2.75. The normalized spacial score (nSPS) is 12.5. The van der Waals surface area contributed by atoms with Crippen molar-refractivity contribution in [3.05, 3.63) is 59.6 Å². The van der Waals surface area contributed by atoms with E-state index in [-0.39, 0.29) is 11.9 Å². The number of hydrogen-bond donors (Lipinski definition) is 1. The third kappa shape index (κ3) is 4.55. The third-order valence-electron chi connectivity index (χ3n) is 2.73. The Balaban J connectivity index is 1.84. The molecule has 1 unspecified atom stereocenters. The van der Waals surface area contributed by atoms with E-state index in [9.17, 15) is 4.79 Å². The number of carbonyl (C=O) groups is 1. The van der Waals surface area contributed by atoms with Crippen LogP contribution in [0, 0.1) is 0 Å². The van der Waals surface area contributed by atoms with Crippen molar-refractivity contribution in [1.29, 1.82) is 0 Å². The minimum absolute atomic E-state index is 0.0339. The second-order valence-electron chi connectivity index (χ2n) is 4.55. The summed E-state index contributed by atoms with van der Waals surface area (Å²) in [6, 6.07) is 7.34. The average Bonchev–Trinajstić information content (AvgIpc) is 2.90. The molecule has 0 saturated heterocycles. The summed E-state index contributed by atoms with van der Waals surface area (Å²) >= 11 is 5.80. The van der Waals surface area contributed by atoms with Crippen LogP contribution >= 0.6 is 11.6 Å². The van der Waals surface area contributed by atoms with Crippen LogP contribution in [-0.2, 0) is 11.3 Å². The number of rotatable bonds is 5. The fourth-order valence-electron chi connectivity index (χ4n) is 1.79. The molecule has 20 heavy (non-hydrogen) atoms. The van der Waals surface area contributed by atoms with Crippen molar-refractivity contribution in [3.8, 4) is 0 Å². The highest BCUT2D eigenvalue weighted by atomic mass is 35.5. The Kier molecular flexibility index (Phi) is 4.96. The maximum Gasteiger partial charge on any atom is 0.244 e. The smallest absolute Gasteiger partial charge is 0.244 e. The number of nitrogens with zero attached hydrogens (tertiary/aromatic N) is 2. The minimum atomic E-state index is -0.118. The quantitative estimate of drug-likeness (QED) is 0.861. The van der Waals surface area contributed by atoms with E-state index in [4.69, 9.17) is 11.6 Å². The number of carbonyl (C=O) groups excluding carboxylic acids is 1. The second kappa shape index (κ2) is 6.91. The highest BCUT2D eigenvalue weighted by molar-refractivity contribution is 6.30. The van der Waals surface area contributed by atoms with Crippen molar-refractivity contribution < 1.29 is 4.79 Å². The lowest BCUT2D eigenvalue weighted by molar-refractivity contribution is -0.117. The highest BCUT2D eigenvalue weighted by Crippen LogP contribution is 2.10. The van der Waals surface area contributed by atoms with Crippen molar-refractivity contribution in [2.75, 3.05) is 0 Å². The fourth-order valence-corrected chi connectivity index (χ4v) is 1.92. The molecule has 1 aromatic heterocycles. The molecule has 0 aliphatic carbocycles. The zero-order valence-corrected chi connectivity index (χ0v) is 11.9. The van der Waals surface area contributed by atoms with Gasteiger partial charge >= 0.3 is 0 Å². The van der Waals surface area contributed by atoms with E-state index in [1.165, 1.54) is 6.08 Å². The lowest BCUT2D eigenvalue weighted by Gasteiger charge is -2.12. The molecule has 1 aromatic carbocycles. The van der Waals surface area contributed by atoms with E-state index in [0.717, 1.165) is 5.56 Å². The monoisotopic (exact) mass is 289 g/mol. The van der Waals surface area contributed by atoms with Gasteiger partial charge < -0.3 is 9.88 Å². The molecule has 0 aliphatic heterocycles. The Hall–Kier alpha value is -2.07. The van der Waals surface area contributed by atoms with E-state index in [0.29, 0.717) is 11.6 Å². The highest BCUT2D eigenvalue weighted by Gasteiger charge is 2.04. The molecule has 0 bridgehead atoms. The van der Waals surface area contributed by atoms with Crippen LogP contribution in [0.3, 0.4) is 0 Å². The van der Waals surface area contributed by atoms with Crippen LogP contribution in [0.25, 0.3) is 6.08 Å². The lowest BCUT2D eigenvalue weighted by atomic mass is 10.2. The first kappa shape index (κ1) is 14.3. The summed E-state index contributed by atoms with van der Waals surface area (Å²) in [7, 11) is 0. The minimum Gasteiger partial charge on any atom is -0.348 e. The number of imidazole rings is 1. The molecule has 1 heterocycles. The number of benzene rings is 1. The van der Waals surface area contributed by atoms with Crippen LogP contribution in [0.2, 0.25) is 5.02 Å². The Bertz CT molecular complexity index is 576. The molecule has 0 radical (unpaired) electrons. The van der Waals surface area contributed by atoms with E-state index >= 15 is 0 Å². The van der Waals surface area contributed by atoms with Crippen LogP contribution in [0.4, 0.5) is 0 Å². The first-order valence-corrected chi connectivity index (χ1v) is 6.71. The third-order valence-corrected chi connectivity index (χ3v) is 2.98. The zero-order valence-electron chi connectivity index (χ0n) is 11.2. The zero-order chi connectivity index (χ0) is 14.4. The van der Waals surface area contributed by atoms with Crippen LogP contribution in [0.5, 0.6) is 0 Å². The Morgan fingerprint density at radius 3 is 2.85 bits per heavy atom. The van der Waals surface area contributed by atoms with Gasteiger partial charge in [-0.1, -0.05) is 23.7 Å². The van der Waals surface area contributed by atoms with Gasteiger partial charge in [0.05, 0.1) is 6.33 Å². The first-order valence-electron chi connectivity index (χ1n) is 6.33. The van der Waals surface area contributed by atoms with Crippen LogP contribution in [0.15, 0.2) is 49.1 Å².